The predicted molar refractivity (Wildman–Crippen MR) is 91.1 cm³/mol. The molecule has 0 radical (unpaired) electrons. The van der Waals surface area contributed by atoms with Crippen molar-refractivity contribution in [1.82, 2.24) is 0 Å². The third-order valence-corrected chi connectivity index (χ3v) is 6.38. The Morgan fingerprint density at radius 1 is 1.46 bits per heavy atom. The van der Waals surface area contributed by atoms with Gasteiger partial charge in [0.05, 0.1) is 0 Å². The lowest BCUT2D eigenvalue weighted by molar-refractivity contribution is -0.153. The first kappa shape index (κ1) is 17.5. The van der Waals surface area contributed by atoms with Gasteiger partial charge in [-0.15, -0.1) is 0 Å². The number of carbonyl (C=O) groups is 2. The Morgan fingerprint density at radius 2 is 2.17 bits per heavy atom. The van der Waals surface area contributed by atoms with Crippen LogP contribution in [0, 0.1) is 29.1 Å². The summed E-state index contributed by atoms with van der Waals surface area (Å²) in [6.45, 7) is 12.6. The second-order valence-electron chi connectivity index (χ2n) is 8.84. The van der Waals surface area contributed by atoms with Crippen LogP contribution in [0.2, 0.25) is 0 Å². The molecule has 0 amide bonds. The van der Waals surface area contributed by atoms with Crippen LogP contribution in [0.15, 0.2) is 12.2 Å². The van der Waals surface area contributed by atoms with Gasteiger partial charge in [-0.1, -0.05) is 34.3 Å². The van der Waals surface area contributed by atoms with Gasteiger partial charge >= 0.3 is 11.9 Å². The minimum Gasteiger partial charge on any atom is -0.462 e. The Morgan fingerprint density at radius 3 is 2.83 bits per heavy atom. The van der Waals surface area contributed by atoms with Crippen LogP contribution in [0.5, 0.6) is 0 Å². The highest BCUT2D eigenvalue weighted by atomic mass is 16.6. The highest BCUT2D eigenvalue weighted by molar-refractivity contribution is 5.90. The van der Waals surface area contributed by atoms with E-state index >= 15 is 0 Å². The molecule has 0 aromatic heterocycles. The van der Waals surface area contributed by atoms with Crippen molar-refractivity contribution >= 4 is 11.9 Å². The van der Waals surface area contributed by atoms with Gasteiger partial charge in [0.15, 0.2) is 0 Å². The number of rotatable bonds is 3. The maximum atomic E-state index is 12.2. The molecule has 3 aliphatic rings. The minimum atomic E-state index is -0.225. The summed E-state index contributed by atoms with van der Waals surface area (Å²) in [5, 5.41) is 0. The van der Waals surface area contributed by atoms with Gasteiger partial charge in [-0.05, 0) is 42.9 Å². The fraction of sp³-hybridized carbons (Fsp3) is 0.800. The molecule has 3 fully saturated rings. The second-order valence-corrected chi connectivity index (χ2v) is 8.84. The van der Waals surface area contributed by atoms with Gasteiger partial charge in [0.2, 0.25) is 0 Å². The molecule has 3 rings (SSSR count). The lowest BCUT2D eigenvalue weighted by Gasteiger charge is -2.36. The van der Waals surface area contributed by atoms with E-state index in [2.05, 4.69) is 20.4 Å². The Labute approximate surface area is 145 Å². The number of hydrogen-bond acceptors (Lipinski definition) is 4. The Kier molecular flexibility index (Phi) is 4.52. The van der Waals surface area contributed by atoms with Crippen LogP contribution in [0.4, 0.5) is 0 Å². The van der Waals surface area contributed by atoms with Crippen molar-refractivity contribution in [2.75, 3.05) is 0 Å². The van der Waals surface area contributed by atoms with Crippen LogP contribution in [-0.2, 0) is 19.1 Å². The van der Waals surface area contributed by atoms with E-state index in [1.807, 2.05) is 13.8 Å². The van der Waals surface area contributed by atoms with E-state index < -0.39 is 0 Å². The molecule has 2 saturated carbocycles. The summed E-state index contributed by atoms with van der Waals surface area (Å²) in [6, 6.07) is 0. The molecular weight excluding hydrogens is 304 g/mol. The quantitative estimate of drug-likeness (QED) is 0.580. The number of hydrogen-bond donors (Lipinski definition) is 0. The average Bonchev–Trinajstić information content (AvgIpc) is 2.86. The normalized spacial score (nSPS) is 41.6. The standard InChI is InChI=1S/C20H30O4/c1-11(2)8-17(21)23-15-6-7-20(5)10-14-13(4)19(22)24-16(14)9-12(3)18(15)20/h11-12,14-16,18H,4,6-10H2,1-3,5H3/t12-,14-,15+,16+,18-,20+/m1/s1. The summed E-state index contributed by atoms with van der Waals surface area (Å²) in [7, 11) is 0. The molecule has 134 valence electrons. The smallest absolute Gasteiger partial charge is 0.334 e. The van der Waals surface area contributed by atoms with Crippen molar-refractivity contribution < 1.29 is 19.1 Å². The Balaban J connectivity index is 1.78. The average molecular weight is 334 g/mol. The van der Waals surface area contributed by atoms with E-state index in [1.165, 1.54) is 0 Å². The number of carbonyl (C=O) groups excluding carboxylic acids is 2. The van der Waals surface area contributed by atoms with E-state index in [0.717, 1.165) is 25.7 Å². The van der Waals surface area contributed by atoms with E-state index in [-0.39, 0.29) is 35.5 Å². The molecule has 4 heteroatoms. The lowest BCUT2D eigenvalue weighted by atomic mass is 9.70. The third-order valence-electron chi connectivity index (χ3n) is 6.38. The van der Waals surface area contributed by atoms with Gasteiger partial charge in [0, 0.05) is 23.8 Å². The van der Waals surface area contributed by atoms with E-state index in [4.69, 9.17) is 9.47 Å². The van der Waals surface area contributed by atoms with Crippen LogP contribution < -0.4 is 0 Å². The molecule has 0 N–H and O–H groups in total. The Bertz CT molecular complexity index is 552. The molecule has 24 heavy (non-hydrogen) atoms. The monoisotopic (exact) mass is 334 g/mol. The fourth-order valence-corrected chi connectivity index (χ4v) is 5.39. The number of fused-ring (bicyclic) bond motifs is 2. The van der Waals surface area contributed by atoms with Crippen LogP contribution in [0.1, 0.15) is 59.8 Å². The highest BCUT2D eigenvalue weighted by Gasteiger charge is 2.56. The van der Waals surface area contributed by atoms with Crippen molar-refractivity contribution in [3.05, 3.63) is 12.2 Å². The minimum absolute atomic E-state index is 0.000886. The van der Waals surface area contributed by atoms with Gasteiger partial charge in [-0.25, -0.2) is 4.79 Å². The molecule has 0 spiro atoms. The molecule has 0 unspecified atom stereocenters. The first-order valence-electron chi connectivity index (χ1n) is 9.30. The SMILES string of the molecule is C=C1C(=O)O[C@H]2C[C@@H](C)[C@@H]3[C@@H](OC(=O)CC(C)C)CC[C@@]3(C)C[C@H]12. The first-order valence-corrected chi connectivity index (χ1v) is 9.30. The molecule has 0 bridgehead atoms. The largest absolute Gasteiger partial charge is 0.462 e. The first-order chi connectivity index (χ1) is 11.2. The van der Waals surface area contributed by atoms with Crippen LogP contribution in [0.25, 0.3) is 0 Å². The molecule has 6 atom stereocenters. The summed E-state index contributed by atoms with van der Waals surface area (Å²) in [6.07, 6.45) is 4.14. The van der Waals surface area contributed by atoms with Crippen molar-refractivity contribution in [3.8, 4) is 0 Å². The van der Waals surface area contributed by atoms with Gasteiger partial charge in [0.1, 0.15) is 12.2 Å². The van der Waals surface area contributed by atoms with E-state index in [1.54, 1.807) is 0 Å². The summed E-state index contributed by atoms with van der Waals surface area (Å²) in [5.41, 5.74) is 0.716. The fourth-order valence-electron chi connectivity index (χ4n) is 5.39. The van der Waals surface area contributed by atoms with Gasteiger partial charge in [-0.2, -0.15) is 0 Å². The predicted octanol–water partition coefficient (Wildman–Crippen LogP) is 3.89. The van der Waals surface area contributed by atoms with Crippen molar-refractivity contribution in [2.45, 2.75) is 72.0 Å². The number of esters is 2. The zero-order valence-corrected chi connectivity index (χ0v) is 15.3. The van der Waals surface area contributed by atoms with Crippen molar-refractivity contribution in [3.63, 3.8) is 0 Å². The molecule has 0 aromatic carbocycles. The molecule has 4 nitrogen and oxygen atoms in total. The maximum absolute atomic E-state index is 12.2. The third kappa shape index (κ3) is 3.00. The van der Waals surface area contributed by atoms with E-state index in [0.29, 0.717) is 29.7 Å². The summed E-state index contributed by atoms with van der Waals surface area (Å²) < 4.78 is 11.4. The number of ether oxygens (including phenoxy) is 2. The highest BCUT2D eigenvalue weighted by Crippen LogP contribution is 2.57. The summed E-state index contributed by atoms with van der Waals surface area (Å²) in [4.78, 5) is 24.0. The molecule has 1 aliphatic heterocycles. The van der Waals surface area contributed by atoms with Crippen LogP contribution >= 0.6 is 0 Å². The Hall–Kier alpha value is -1.32. The van der Waals surface area contributed by atoms with E-state index in [9.17, 15) is 9.59 Å². The maximum Gasteiger partial charge on any atom is 0.334 e. The lowest BCUT2D eigenvalue weighted by Crippen LogP contribution is -2.35. The van der Waals surface area contributed by atoms with Gasteiger partial charge < -0.3 is 9.47 Å². The van der Waals surface area contributed by atoms with Gasteiger partial charge in [-0.3, -0.25) is 4.79 Å². The van der Waals surface area contributed by atoms with Crippen LogP contribution in [0.3, 0.4) is 0 Å². The summed E-state index contributed by atoms with van der Waals surface area (Å²) in [5.74, 6) is 0.844. The van der Waals surface area contributed by atoms with Gasteiger partial charge in [0.25, 0.3) is 0 Å². The van der Waals surface area contributed by atoms with Crippen molar-refractivity contribution in [1.29, 1.82) is 0 Å². The molecule has 0 aromatic rings. The zero-order valence-electron chi connectivity index (χ0n) is 15.3. The molecule has 1 heterocycles. The molecule has 1 saturated heterocycles. The second kappa shape index (κ2) is 6.20. The van der Waals surface area contributed by atoms with Crippen LogP contribution in [-0.4, -0.2) is 24.1 Å². The zero-order chi connectivity index (χ0) is 17.6. The van der Waals surface area contributed by atoms with Crippen molar-refractivity contribution in [2.24, 2.45) is 29.1 Å². The molecular formula is C20H30O4. The topological polar surface area (TPSA) is 52.6 Å². The summed E-state index contributed by atoms with van der Waals surface area (Å²) >= 11 is 0. The molecule has 2 aliphatic carbocycles.